The summed E-state index contributed by atoms with van der Waals surface area (Å²) in [7, 11) is 0. The maximum Gasteiger partial charge on any atom is 0.408 e. The molecule has 10 nitrogen and oxygen atoms in total. The zero-order chi connectivity index (χ0) is 26.7. The molecule has 0 aliphatic carbocycles. The second kappa shape index (κ2) is 10.4. The van der Waals surface area contributed by atoms with E-state index in [9.17, 15) is 9.18 Å². The molecule has 3 N–H and O–H groups in total. The van der Waals surface area contributed by atoms with E-state index in [0.29, 0.717) is 35.9 Å². The quantitative estimate of drug-likeness (QED) is 0.277. The third-order valence-electron chi connectivity index (χ3n) is 5.58. The van der Waals surface area contributed by atoms with Gasteiger partial charge in [-0.3, -0.25) is 0 Å². The molecule has 2 aromatic heterocycles. The van der Waals surface area contributed by atoms with Crippen LogP contribution in [0.4, 0.5) is 32.3 Å². The Kier molecular flexibility index (Phi) is 6.82. The molecule has 1 amide bonds. The van der Waals surface area contributed by atoms with E-state index in [4.69, 9.17) is 13.9 Å². The zero-order valence-corrected chi connectivity index (χ0v) is 21.1. The summed E-state index contributed by atoms with van der Waals surface area (Å²) in [6, 6.07) is 12.4. The molecule has 11 heteroatoms. The third kappa shape index (κ3) is 6.00. The first-order valence-electron chi connectivity index (χ1n) is 12.1. The van der Waals surface area contributed by atoms with Crippen molar-refractivity contribution in [2.24, 2.45) is 0 Å². The number of nitrogens with zero attached hydrogens (tertiary/aromatic N) is 3. The lowest BCUT2D eigenvalue weighted by atomic mass is 10.00. The Balaban J connectivity index is 1.33. The van der Waals surface area contributed by atoms with Gasteiger partial charge in [-0.2, -0.15) is 4.98 Å². The number of benzene rings is 2. The first kappa shape index (κ1) is 25.0. The monoisotopic (exact) mass is 518 g/mol. The van der Waals surface area contributed by atoms with E-state index in [2.05, 4.69) is 30.9 Å². The molecule has 1 atom stereocenters. The van der Waals surface area contributed by atoms with Gasteiger partial charge in [0, 0.05) is 28.9 Å². The first-order valence-corrected chi connectivity index (χ1v) is 12.1. The number of alkyl carbamates (subject to hydrolysis) is 1. The number of nitrogens with one attached hydrogen (secondary N) is 3. The van der Waals surface area contributed by atoms with Crippen molar-refractivity contribution < 1.29 is 23.1 Å². The fourth-order valence-corrected chi connectivity index (χ4v) is 3.96. The Labute approximate surface area is 218 Å². The van der Waals surface area contributed by atoms with Crippen LogP contribution in [0.1, 0.15) is 38.8 Å². The van der Waals surface area contributed by atoms with Crippen LogP contribution in [0.5, 0.6) is 5.75 Å². The number of carbonyl (C=O) groups is 1. The van der Waals surface area contributed by atoms with Crippen LogP contribution in [-0.4, -0.2) is 33.3 Å². The van der Waals surface area contributed by atoms with Crippen LogP contribution < -0.4 is 20.7 Å². The predicted molar refractivity (Wildman–Crippen MR) is 139 cm³/mol. The van der Waals surface area contributed by atoms with Gasteiger partial charge in [-0.05, 0) is 51.1 Å². The van der Waals surface area contributed by atoms with Gasteiger partial charge in [0.25, 0.3) is 0 Å². The summed E-state index contributed by atoms with van der Waals surface area (Å²) in [5.41, 5.74) is 2.22. The van der Waals surface area contributed by atoms with Gasteiger partial charge in [-0.1, -0.05) is 12.1 Å². The van der Waals surface area contributed by atoms with Gasteiger partial charge < -0.3 is 29.8 Å². The lowest BCUT2D eigenvalue weighted by Gasteiger charge is -2.28. The first-order chi connectivity index (χ1) is 18.2. The molecule has 0 saturated heterocycles. The molecule has 0 saturated carbocycles. The Morgan fingerprint density at radius 2 is 1.95 bits per heavy atom. The number of halogens is 1. The highest BCUT2D eigenvalue weighted by atomic mass is 19.1. The molecule has 2 aromatic carbocycles. The van der Waals surface area contributed by atoms with Crippen LogP contribution in [0.25, 0.3) is 11.3 Å². The molecule has 1 unspecified atom stereocenters. The molecule has 4 aromatic rings. The predicted octanol–water partition coefficient (Wildman–Crippen LogP) is 6.11. The van der Waals surface area contributed by atoms with Gasteiger partial charge in [0.2, 0.25) is 5.95 Å². The van der Waals surface area contributed by atoms with Crippen LogP contribution in [-0.2, 0) is 4.74 Å². The van der Waals surface area contributed by atoms with Crippen molar-refractivity contribution in [3.05, 3.63) is 72.6 Å². The van der Waals surface area contributed by atoms with E-state index >= 15 is 0 Å². The summed E-state index contributed by atoms with van der Waals surface area (Å²) in [6.07, 6.45) is 4.12. The third-order valence-corrected chi connectivity index (χ3v) is 5.58. The Morgan fingerprint density at radius 1 is 1.11 bits per heavy atom. The smallest absolute Gasteiger partial charge is 0.408 e. The molecule has 0 radical (unpaired) electrons. The summed E-state index contributed by atoms with van der Waals surface area (Å²) < 4.78 is 31.1. The van der Waals surface area contributed by atoms with Crippen molar-refractivity contribution in [3.8, 4) is 17.1 Å². The summed E-state index contributed by atoms with van der Waals surface area (Å²) in [5.74, 6) is 0.826. The van der Waals surface area contributed by atoms with Crippen molar-refractivity contribution in [2.45, 2.75) is 38.8 Å². The van der Waals surface area contributed by atoms with Crippen LogP contribution in [0.15, 0.2) is 65.7 Å². The fraction of sp³-hybridized carbons (Fsp3) is 0.259. The number of hydrogen-bond donors (Lipinski definition) is 3. The molecule has 0 bridgehead atoms. The van der Waals surface area contributed by atoms with E-state index in [1.807, 2.05) is 24.3 Å². The molecule has 38 heavy (non-hydrogen) atoms. The van der Waals surface area contributed by atoms with Crippen molar-refractivity contribution in [1.29, 1.82) is 0 Å². The standard InChI is InChI=1S/C27H27FN6O4/c1-27(2,3)38-26(35)33-21-9-10-36-22-8-7-18(12-19(21)22)31-24-20(28)13-30-25(34-24)32-17-6-4-5-16(11-17)23-14-29-15-37-23/h4-8,11-15,21H,9-10H2,1-3H3,(H,33,35)(H2,30,31,32,34). The van der Waals surface area contributed by atoms with Gasteiger partial charge in [0.05, 0.1) is 25.0 Å². The molecule has 0 fully saturated rings. The van der Waals surface area contributed by atoms with Crippen molar-refractivity contribution in [3.63, 3.8) is 0 Å². The zero-order valence-electron chi connectivity index (χ0n) is 21.1. The molecular formula is C27H27FN6O4. The number of amides is 1. The van der Waals surface area contributed by atoms with Crippen molar-refractivity contribution >= 4 is 29.2 Å². The van der Waals surface area contributed by atoms with Crippen molar-refractivity contribution in [2.75, 3.05) is 17.2 Å². The highest BCUT2D eigenvalue weighted by molar-refractivity contribution is 5.70. The topological polar surface area (TPSA) is 123 Å². The van der Waals surface area contributed by atoms with Crippen LogP contribution in [0, 0.1) is 5.82 Å². The summed E-state index contributed by atoms with van der Waals surface area (Å²) in [6.45, 7) is 5.87. The highest BCUT2D eigenvalue weighted by Gasteiger charge is 2.26. The van der Waals surface area contributed by atoms with Gasteiger partial charge in [-0.25, -0.2) is 19.2 Å². The fourth-order valence-electron chi connectivity index (χ4n) is 3.96. The number of hydrogen-bond acceptors (Lipinski definition) is 9. The minimum atomic E-state index is -0.622. The van der Waals surface area contributed by atoms with Gasteiger partial charge in [0.1, 0.15) is 11.4 Å². The number of oxazole rings is 1. The van der Waals surface area contributed by atoms with Gasteiger partial charge in [-0.15, -0.1) is 0 Å². The Morgan fingerprint density at radius 3 is 2.74 bits per heavy atom. The summed E-state index contributed by atoms with van der Waals surface area (Å²) in [5, 5.41) is 8.99. The maximum absolute atomic E-state index is 14.7. The minimum absolute atomic E-state index is 0.0118. The number of rotatable bonds is 6. The SMILES string of the molecule is CC(C)(C)OC(=O)NC1CCOc2ccc(Nc3nc(Nc4cccc(-c5cnco5)c4)ncc3F)cc21. The summed E-state index contributed by atoms with van der Waals surface area (Å²) in [4.78, 5) is 24.7. The Hall–Kier alpha value is -4.67. The van der Waals surface area contributed by atoms with Crippen molar-refractivity contribution in [1.82, 2.24) is 20.3 Å². The number of carbonyl (C=O) groups excluding carboxylic acids is 1. The number of aromatic nitrogens is 3. The normalized spacial score (nSPS) is 14.7. The van der Waals surface area contributed by atoms with Gasteiger partial charge in [0.15, 0.2) is 23.8 Å². The average Bonchev–Trinajstić information content (AvgIpc) is 3.41. The second-order valence-electron chi connectivity index (χ2n) is 9.68. The van der Waals surface area contributed by atoms with Gasteiger partial charge >= 0.3 is 6.09 Å². The number of ether oxygens (including phenoxy) is 2. The molecule has 3 heterocycles. The van der Waals surface area contributed by atoms with E-state index in [-0.39, 0.29) is 17.8 Å². The largest absolute Gasteiger partial charge is 0.493 e. The van der Waals surface area contributed by atoms with E-state index in [1.54, 1.807) is 45.2 Å². The molecule has 196 valence electrons. The van der Waals surface area contributed by atoms with Crippen LogP contribution in [0.3, 0.4) is 0 Å². The Bertz CT molecular complexity index is 1440. The number of fused-ring (bicyclic) bond motifs is 1. The number of anilines is 4. The molecule has 0 spiro atoms. The van der Waals surface area contributed by atoms with E-state index in [0.717, 1.165) is 17.3 Å². The second-order valence-corrected chi connectivity index (χ2v) is 9.68. The molecule has 5 rings (SSSR count). The molecular weight excluding hydrogens is 491 g/mol. The lowest BCUT2D eigenvalue weighted by molar-refractivity contribution is 0.0491. The minimum Gasteiger partial charge on any atom is -0.493 e. The molecule has 1 aliphatic rings. The summed E-state index contributed by atoms with van der Waals surface area (Å²) >= 11 is 0. The molecule has 1 aliphatic heterocycles. The van der Waals surface area contributed by atoms with Crippen LogP contribution in [0.2, 0.25) is 0 Å². The highest BCUT2D eigenvalue weighted by Crippen LogP contribution is 2.35. The van der Waals surface area contributed by atoms with E-state index in [1.165, 1.54) is 6.39 Å². The average molecular weight is 519 g/mol. The maximum atomic E-state index is 14.7. The van der Waals surface area contributed by atoms with E-state index < -0.39 is 17.5 Å². The van der Waals surface area contributed by atoms with Crippen LogP contribution >= 0.6 is 0 Å². The lowest BCUT2D eigenvalue weighted by Crippen LogP contribution is -2.36.